The molecule has 0 spiro atoms. The third-order valence-electron chi connectivity index (χ3n) is 2.42. The molecular formula is C14H18O3S. The third-order valence-corrected chi connectivity index (χ3v) is 2.83. The van der Waals surface area contributed by atoms with Crippen molar-refractivity contribution in [3.63, 3.8) is 0 Å². The fourth-order valence-corrected chi connectivity index (χ4v) is 1.90. The van der Waals surface area contributed by atoms with Crippen molar-refractivity contribution in [2.24, 2.45) is 5.92 Å². The number of hydrogen-bond acceptors (Lipinski definition) is 4. The Morgan fingerprint density at radius 3 is 2.33 bits per heavy atom. The van der Waals surface area contributed by atoms with E-state index in [2.05, 4.69) is 0 Å². The zero-order chi connectivity index (χ0) is 13.4. The molecule has 98 valence electrons. The van der Waals surface area contributed by atoms with E-state index in [1.54, 1.807) is 6.92 Å². The molecule has 1 atom stereocenters. The molecule has 0 heterocycles. The van der Waals surface area contributed by atoms with Crippen molar-refractivity contribution >= 4 is 23.2 Å². The quantitative estimate of drug-likeness (QED) is 0.586. The van der Waals surface area contributed by atoms with Crippen molar-refractivity contribution in [2.45, 2.75) is 20.3 Å². The molecular weight excluding hydrogens is 248 g/mol. The van der Waals surface area contributed by atoms with Crippen LogP contribution in [0.2, 0.25) is 0 Å². The SMILES string of the molecule is CCOC(=O)C(Cc1ccccc1)C(=S)OCC. The normalized spacial score (nSPS) is 11.7. The number of carbonyl (C=O) groups excluding carboxylic acids is 1. The van der Waals surface area contributed by atoms with Gasteiger partial charge in [0, 0.05) is 0 Å². The summed E-state index contributed by atoms with van der Waals surface area (Å²) in [6.45, 7) is 4.43. The molecule has 1 aromatic carbocycles. The molecule has 0 aliphatic carbocycles. The second kappa shape index (κ2) is 7.82. The van der Waals surface area contributed by atoms with Crippen LogP contribution in [0.25, 0.3) is 0 Å². The highest BCUT2D eigenvalue weighted by Gasteiger charge is 2.26. The molecule has 0 N–H and O–H groups in total. The van der Waals surface area contributed by atoms with Crippen molar-refractivity contribution in [3.05, 3.63) is 35.9 Å². The number of ether oxygens (including phenoxy) is 2. The van der Waals surface area contributed by atoms with Gasteiger partial charge in [-0.1, -0.05) is 30.3 Å². The van der Waals surface area contributed by atoms with Gasteiger partial charge in [-0.3, -0.25) is 4.79 Å². The second-order valence-corrected chi connectivity index (χ2v) is 4.15. The molecule has 0 bridgehead atoms. The predicted octanol–water partition coefficient (Wildman–Crippen LogP) is 2.77. The smallest absolute Gasteiger partial charge is 0.317 e. The summed E-state index contributed by atoms with van der Waals surface area (Å²) in [4.78, 5) is 11.9. The number of esters is 1. The topological polar surface area (TPSA) is 35.5 Å². The van der Waals surface area contributed by atoms with Gasteiger partial charge in [-0.25, -0.2) is 0 Å². The molecule has 18 heavy (non-hydrogen) atoms. The molecule has 0 radical (unpaired) electrons. The monoisotopic (exact) mass is 266 g/mol. The van der Waals surface area contributed by atoms with E-state index in [-0.39, 0.29) is 5.97 Å². The van der Waals surface area contributed by atoms with Crippen molar-refractivity contribution in [3.8, 4) is 0 Å². The van der Waals surface area contributed by atoms with Crippen LogP contribution < -0.4 is 0 Å². The number of hydrogen-bond donors (Lipinski definition) is 0. The highest BCUT2D eigenvalue weighted by molar-refractivity contribution is 7.80. The fourth-order valence-electron chi connectivity index (χ4n) is 1.60. The fraction of sp³-hybridized carbons (Fsp3) is 0.429. The Kier molecular flexibility index (Phi) is 6.36. The zero-order valence-electron chi connectivity index (χ0n) is 10.7. The Labute approximate surface area is 113 Å². The van der Waals surface area contributed by atoms with Gasteiger partial charge in [0.15, 0.2) is 5.05 Å². The lowest BCUT2D eigenvalue weighted by molar-refractivity contribution is -0.145. The summed E-state index contributed by atoms with van der Waals surface area (Å²) in [6, 6.07) is 9.72. The van der Waals surface area contributed by atoms with Crippen molar-refractivity contribution in [1.29, 1.82) is 0 Å². The van der Waals surface area contributed by atoms with Gasteiger partial charge in [-0.15, -0.1) is 0 Å². The average molecular weight is 266 g/mol. The van der Waals surface area contributed by atoms with Gasteiger partial charge in [-0.2, -0.15) is 0 Å². The maximum Gasteiger partial charge on any atom is 0.317 e. The van der Waals surface area contributed by atoms with Crippen LogP contribution >= 0.6 is 12.2 Å². The van der Waals surface area contributed by atoms with Crippen LogP contribution in [0.15, 0.2) is 30.3 Å². The van der Waals surface area contributed by atoms with Gasteiger partial charge in [-0.05, 0) is 38.0 Å². The first-order chi connectivity index (χ1) is 8.69. The molecule has 0 amide bonds. The van der Waals surface area contributed by atoms with Gasteiger partial charge in [0.25, 0.3) is 0 Å². The van der Waals surface area contributed by atoms with Gasteiger partial charge in [0.1, 0.15) is 5.92 Å². The summed E-state index contributed by atoms with van der Waals surface area (Å²) in [6.07, 6.45) is 0.512. The van der Waals surface area contributed by atoms with E-state index in [4.69, 9.17) is 21.7 Å². The minimum absolute atomic E-state index is 0.305. The number of thiocarbonyl (C=S) groups is 1. The van der Waals surface area contributed by atoms with Gasteiger partial charge < -0.3 is 9.47 Å². The summed E-state index contributed by atoms with van der Waals surface area (Å²) in [5.74, 6) is -0.831. The number of rotatable bonds is 6. The Hall–Kier alpha value is -1.42. The first-order valence-electron chi connectivity index (χ1n) is 6.06. The molecule has 4 heteroatoms. The minimum atomic E-state index is -0.512. The first kappa shape index (κ1) is 14.6. The van der Waals surface area contributed by atoms with Crippen molar-refractivity contribution in [2.75, 3.05) is 13.2 Å². The number of carbonyl (C=O) groups is 1. The Morgan fingerprint density at radius 2 is 1.78 bits per heavy atom. The second-order valence-electron chi connectivity index (χ2n) is 3.75. The standard InChI is InChI=1S/C14H18O3S/c1-3-16-13(15)12(14(18)17-4-2)10-11-8-6-5-7-9-11/h5-9,12H,3-4,10H2,1-2H3. The Morgan fingerprint density at radius 1 is 1.17 bits per heavy atom. The summed E-state index contributed by atoms with van der Waals surface area (Å²) in [5.41, 5.74) is 1.04. The maximum absolute atomic E-state index is 11.9. The predicted molar refractivity (Wildman–Crippen MR) is 74.5 cm³/mol. The van der Waals surface area contributed by atoms with E-state index in [1.165, 1.54) is 0 Å². The van der Waals surface area contributed by atoms with Crippen molar-refractivity contribution in [1.82, 2.24) is 0 Å². The number of benzene rings is 1. The molecule has 1 unspecified atom stereocenters. The van der Waals surface area contributed by atoms with E-state index in [9.17, 15) is 4.79 Å². The van der Waals surface area contributed by atoms with E-state index >= 15 is 0 Å². The van der Waals surface area contributed by atoms with Crippen LogP contribution in [-0.2, 0) is 20.7 Å². The highest BCUT2D eigenvalue weighted by Crippen LogP contribution is 2.14. The minimum Gasteiger partial charge on any atom is -0.486 e. The van der Waals surface area contributed by atoms with Gasteiger partial charge in [0.2, 0.25) is 0 Å². The molecule has 1 aromatic rings. The largest absolute Gasteiger partial charge is 0.486 e. The summed E-state index contributed by atoms with van der Waals surface area (Å²) in [7, 11) is 0. The molecule has 0 aliphatic heterocycles. The molecule has 3 nitrogen and oxygen atoms in total. The first-order valence-corrected chi connectivity index (χ1v) is 6.47. The molecule has 0 aliphatic rings. The molecule has 0 fully saturated rings. The van der Waals surface area contributed by atoms with E-state index < -0.39 is 5.92 Å². The van der Waals surface area contributed by atoms with E-state index in [0.717, 1.165) is 5.56 Å². The average Bonchev–Trinajstić information content (AvgIpc) is 2.37. The van der Waals surface area contributed by atoms with Crippen LogP contribution in [0.5, 0.6) is 0 Å². The van der Waals surface area contributed by atoms with Crippen LogP contribution in [0, 0.1) is 5.92 Å². The zero-order valence-corrected chi connectivity index (χ0v) is 11.5. The summed E-state index contributed by atoms with van der Waals surface area (Å²) < 4.78 is 10.3. The molecule has 0 aromatic heterocycles. The maximum atomic E-state index is 11.9. The highest BCUT2D eigenvalue weighted by atomic mass is 32.1. The summed E-state index contributed by atoms with van der Waals surface area (Å²) in [5, 5.41) is 0.305. The lowest BCUT2D eigenvalue weighted by Gasteiger charge is -2.16. The Balaban J connectivity index is 2.77. The Bertz CT molecular complexity index is 371. The molecule has 0 saturated carbocycles. The molecule has 0 saturated heterocycles. The molecule has 1 rings (SSSR count). The van der Waals surface area contributed by atoms with Crippen molar-refractivity contribution < 1.29 is 14.3 Å². The van der Waals surface area contributed by atoms with Gasteiger partial charge in [0.05, 0.1) is 13.2 Å². The third kappa shape index (κ3) is 4.45. The van der Waals surface area contributed by atoms with Crippen LogP contribution in [-0.4, -0.2) is 24.2 Å². The van der Waals surface area contributed by atoms with E-state index in [0.29, 0.717) is 24.7 Å². The van der Waals surface area contributed by atoms with Crippen LogP contribution in [0.3, 0.4) is 0 Å². The lowest BCUT2D eigenvalue weighted by atomic mass is 10.00. The van der Waals surface area contributed by atoms with Crippen LogP contribution in [0.1, 0.15) is 19.4 Å². The summed E-state index contributed by atoms with van der Waals surface area (Å²) >= 11 is 5.14. The van der Waals surface area contributed by atoms with E-state index in [1.807, 2.05) is 37.3 Å². The van der Waals surface area contributed by atoms with Crippen LogP contribution in [0.4, 0.5) is 0 Å². The lowest BCUT2D eigenvalue weighted by Crippen LogP contribution is -2.28. The van der Waals surface area contributed by atoms with Gasteiger partial charge >= 0.3 is 5.97 Å².